The Morgan fingerprint density at radius 1 is 1.09 bits per heavy atom. The van der Waals surface area contributed by atoms with Gasteiger partial charge in [-0.25, -0.2) is 13.9 Å². The first-order valence-corrected chi connectivity index (χ1v) is 9.64. The number of aliphatic hydroxyl groups is 1. The van der Waals surface area contributed by atoms with Crippen LogP contribution >= 0.6 is 0 Å². The van der Waals surface area contributed by atoms with E-state index in [1.165, 1.54) is 31.2 Å². The minimum atomic E-state index is -4.90. The largest absolute Gasteiger partial charge is 0.423 e. The summed E-state index contributed by atoms with van der Waals surface area (Å²) in [5, 5.41) is 17.7. The van der Waals surface area contributed by atoms with Crippen LogP contribution in [0.1, 0.15) is 24.6 Å². The number of benzene rings is 2. The van der Waals surface area contributed by atoms with Crippen molar-refractivity contribution in [2.45, 2.75) is 31.7 Å². The fourth-order valence-corrected chi connectivity index (χ4v) is 3.49. The first-order chi connectivity index (χ1) is 15.1. The lowest BCUT2D eigenvalue weighted by Gasteiger charge is -2.26. The van der Waals surface area contributed by atoms with Gasteiger partial charge in [0.1, 0.15) is 17.1 Å². The molecule has 2 aromatic heterocycles. The number of hydrogen-bond donors (Lipinski definition) is 1. The topological polar surface area (TPSA) is 81.2 Å². The normalized spacial score (nSPS) is 13.9. The molecule has 0 saturated heterocycles. The smallest absolute Gasteiger partial charge is 0.423 e. The average Bonchev–Trinajstić information content (AvgIpc) is 3.20. The van der Waals surface area contributed by atoms with Crippen molar-refractivity contribution in [1.29, 1.82) is 0 Å². The summed E-state index contributed by atoms with van der Waals surface area (Å²) >= 11 is 0. The third-order valence-electron chi connectivity index (χ3n) is 5.26. The lowest BCUT2D eigenvalue weighted by Crippen LogP contribution is -2.42. The van der Waals surface area contributed by atoms with E-state index in [0.29, 0.717) is 16.5 Å². The van der Waals surface area contributed by atoms with Crippen LogP contribution in [-0.4, -0.2) is 26.3 Å². The van der Waals surface area contributed by atoms with Crippen molar-refractivity contribution in [2.75, 3.05) is 0 Å². The molecular formula is C22H17F4N3O3. The van der Waals surface area contributed by atoms with Gasteiger partial charge in [-0.05, 0) is 24.1 Å². The van der Waals surface area contributed by atoms with E-state index >= 15 is 0 Å². The van der Waals surface area contributed by atoms with Gasteiger partial charge in [-0.3, -0.25) is 0 Å². The molecule has 4 rings (SSSR count). The van der Waals surface area contributed by atoms with Crippen LogP contribution < -0.4 is 5.63 Å². The van der Waals surface area contributed by atoms with Gasteiger partial charge in [0.2, 0.25) is 5.60 Å². The summed E-state index contributed by atoms with van der Waals surface area (Å²) < 4.78 is 60.4. The molecule has 6 nitrogen and oxygen atoms in total. The van der Waals surface area contributed by atoms with Crippen molar-refractivity contribution in [1.82, 2.24) is 15.0 Å². The van der Waals surface area contributed by atoms with Crippen LogP contribution in [0.25, 0.3) is 22.1 Å². The van der Waals surface area contributed by atoms with E-state index in [1.54, 1.807) is 24.3 Å². The van der Waals surface area contributed by atoms with Gasteiger partial charge in [0.15, 0.2) is 0 Å². The molecule has 1 unspecified atom stereocenters. The highest BCUT2D eigenvalue weighted by atomic mass is 19.4. The van der Waals surface area contributed by atoms with Gasteiger partial charge < -0.3 is 9.52 Å². The molecule has 32 heavy (non-hydrogen) atoms. The molecule has 4 aromatic rings. The second-order valence-electron chi connectivity index (χ2n) is 7.30. The van der Waals surface area contributed by atoms with Crippen LogP contribution in [0.15, 0.2) is 63.9 Å². The van der Waals surface area contributed by atoms with Crippen LogP contribution in [0.5, 0.6) is 0 Å². The Bertz CT molecular complexity index is 1350. The Balaban J connectivity index is 1.70. The molecule has 10 heteroatoms. The second-order valence-corrected chi connectivity index (χ2v) is 7.30. The quantitative estimate of drug-likeness (QED) is 0.362. The molecule has 0 aliphatic carbocycles. The Kier molecular flexibility index (Phi) is 5.33. The lowest BCUT2D eigenvalue weighted by atomic mass is 9.96. The van der Waals surface area contributed by atoms with Gasteiger partial charge in [-0.2, -0.15) is 13.2 Å². The highest BCUT2D eigenvalue weighted by Gasteiger charge is 2.55. The molecule has 1 atom stereocenters. The highest BCUT2D eigenvalue weighted by molar-refractivity contribution is 5.93. The summed E-state index contributed by atoms with van der Waals surface area (Å²) in [5.41, 5.74) is -3.04. The zero-order valence-electron chi connectivity index (χ0n) is 16.7. The van der Waals surface area contributed by atoms with Gasteiger partial charge in [0.05, 0.1) is 12.7 Å². The fourth-order valence-electron chi connectivity index (χ4n) is 3.49. The molecule has 166 valence electrons. The molecule has 0 bridgehead atoms. The predicted molar refractivity (Wildman–Crippen MR) is 107 cm³/mol. The van der Waals surface area contributed by atoms with Crippen molar-refractivity contribution in [3.05, 3.63) is 82.2 Å². The molecule has 0 spiro atoms. The number of hydrogen-bond acceptors (Lipinski definition) is 5. The van der Waals surface area contributed by atoms with Crippen molar-refractivity contribution >= 4 is 11.0 Å². The molecule has 2 heterocycles. The van der Waals surface area contributed by atoms with E-state index in [2.05, 4.69) is 10.3 Å². The first-order valence-electron chi connectivity index (χ1n) is 9.64. The predicted octanol–water partition coefficient (Wildman–Crippen LogP) is 4.40. The SMILES string of the molecule is CCC(O)(c1cn(Cc2ccc3c(-c4ccccc4F)cc(=O)oc3c2)nn1)C(F)(F)F. The average molecular weight is 447 g/mol. The van der Waals surface area contributed by atoms with Gasteiger partial charge in [-0.15, -0.1) is 5.10 Å². The summed E-state index contributed by atoms with van der Waals surface area (Å²) in [6.07, 6.45) is -4.50. The zero-order valence-corrected chi connectivity index (χ0v) is 16.7. The molecule has 2 aromatic carbocycles. The standard InChI is InChI=1S/C22H17F4N3O3/c1-2-21(31,22(24,25)26)19-12-29(28-27-19)11-13-7-8-15-16(10-20(30)32-18(15)9-13)14-5-3-4-6-17(14)23/h3-10,12,31H,2,11H2,1H3. The first kappa shape index (κ1) is 21.7. The van der Waals surface area contributed by atoms with Gasteiger partial charge in [0, 0.05) is 22.6 Å². The maximum Gasteiger partial charge on any atom is 0.423 e. The molecule has 0 amide bonds. The van der Waals surface area contributed by atoms with Crippen LogP contribution in [0.2, 0.25) is 0 Å². The number of fused-ring (bicyclic) bond motifs is 1. The van der Waals surface area contributed by atoms with Crippen LogP contribution in [0.3, 0.4) is 0 Å². The summed E-state index contributed by atoms with van der Waals surface area (Å²) in [7, 11) is 0. The number of nitrogens with zero attached hydrogens (tertiary/aromatic N) is 3. The van der Waals surface area contributed by atoms with Crippen molar-refractivity contribution < 1.29 is 27.1 Å². The van der Waals surface area contributed by atoms with E-state index in [9.17, 15) is 27.5 Å². The van der Waals surface area contributed by atoms with Gasteiger partial charge in [-0.1, -0.05) is 42.5 Å². The van der Waals surface area contributed by atoms with Crippen molar-refractivity contribution in [3.8, 4) is 11.1 Å². The summed E-state index contributed by atoms with van der Waals surface area (Å²) in [4.78, 5) is 12.0. The Hall–Kier alpha value is -3.53. The van der Waals surface area contributed by atoms with Crippen LogP contribution in [0, 0.1) is 5.82 Å². The zero-order chi connectivity index (χ0) is 23.1. The van der Waals surface area contributed by atoms with E-state index in [1.807, 2.05) is 0 Å². The molecule has 0 aliphatic heterocycles. The van der Waals surface area contributed by atoms with E-state index in [0.717, 1.165) is 10.9 Å². The van der Waals surface area contributed by atoms with Crippen LogP contribution in [0.4, 0.5) is 17.6 Å². The van der Waals surface area contributed by atoms with E-state index in [4.69, 9.17) is 4.42 Å². The third kappa shape index (κ3) is 3.77. The van der Waals surface area contributed by atoms with Crippen molar-refractivity contribution in [3.63, 3.8) is 0 Å². The van der Waals surface area contributed by atoms with Crippen molar-refractivity contribution in [2.24, 2.45) is 0 Å². The van der Waals surface area contributed by atoms with Crippen LogP contribution in [-0.2, 0) is 12.1 Å². The lowest BCUT2D eigenvalue weighted by molar-refractivity contribution is -0.269. The molecule has 0 aliphatic rings. The maximum atomic E-state index is 14.3. The maximum absolute atomic E-state index is 14.3. The van der Waals surface area contributed by atoms with Gasteiger partial charge >= 0.3 is 11.8 Å². The monoisotopic (exact) mass is 447 g/mol. The fraction of sp³-hybridized carbons (Fsp3) is 0.227. The summed E-state index contributed by atoms with van der Waals surface area (Å²) in [5.74, 6) is -0.494. The van der Waals surface area contributed by atoms with E-state index < -0.39 is 35.3 Å². The Morgan fingerprint density at radius 2 is 1.84 bits per heavy atom. The minimum Gasteiger partial charge on any atom is -0.423 e. The summed E-state index contributed by atoms with van der Waals surface area (Å²) in [6.45, 7) is 1.21. The highest BCUT2D eigenvalue weighted by Crippen LogP contribution is 2.40. The third-order valence-corrected chi connectivity index (χ3v) is 5.26. The number of rotatable bonds is 5. The Labute approximate surface area is 178 Å². The van der Waals surface area contributed by atoms with E-state index in [-0.39, 0.29) is 17.7 Å². The molecule has 0 fully saturated rings. The minimum absolute atomic E-state index is 0.00816. The Morgan fingerprint density at radius 3 is 2.53 bits per heavy atom. The summed E-state index contributed by atoms with van der Waals surface area (Å²) in [6, 6.07) is 12.0. The van der Waals surface area contributed by atoms with Gasteiger partial charge in [0.25, 0.3) is 0 Å². The number of alkyl halides is 3. The molecule has 1 N–H and O–H groups in total. The number of aromatic nitrogens is 3. The molecule has 0 radical (unpaired) electrons. The second kappa shape index (κ2) is 7.86. The molecule has 0 saturated carbocycles. The molecular weight excluding hydrogens is 430 g/mol. The number of halogens is 4.